The van der Waals surface area contributed by atoms with E-state index >= 15 is 0 Å². The van der Waals surface area contributed by atoms with E-state index in [4.69, 9.17) is 4.74 Å². The Morgan fingerprint density at radius 3 is 2.46 bits per heavy atom. The van der Waals surface area contributed by atoms with Crippen molar-refractivity contribution in [3.05, 3.63) is 78.4 Å². The number of nitrogens with one attached hydrogen (secondary N) is 1. The Labute approximate surface area is 163 Å². The Kier molecular flexibility index (Phi) is 6.06. The first-order valence-electron chi connectivity index (χ1n) is 8.82. The number of benzene rings is 2. The van der Waals surface area contributed by atoms with Crippen molar-refractivity contribution in [3.8, 4) is 5.75 Å². The third-order valence-electron chi connectivity index (χ3n) is 4.18. The monoisotopic (exact) mass is 378 g/mol. The molecule has 0 bridgehead atoms. The summed E-state index contributed by atoms with van der Waals surface area (Å²) in [5.41, 5.74) is 1.18. The molecule has 1 N–H and O–H groups in total. The molecule has 3 aromatic rings. The van der Waals surface area contributed by atoms with Gasteiger partial charge in [0, 0.05) is 37.7 Å². The minimum atomic E-state index is -0.270. The van der Waals surface area contributed by atoms with Crippen LogP contribution in [0.25, 0.3) is 0 Å². The number of hydrogen-bond donors (Lipinski definition) is 1. The fourth-order valence-electron chi connectivity index (χ4n) is 2.61. The molecule has 0 aliphatic rings. The maximum absolute atomic E-state index is 12.3. The molecule has 0 saturated heterocycles. The molecule has 0 saturated carbocycles. The van der Waals surface area contributed by atoms with Gasteiger partial charge < -0.3 is 19.5 Å². The SMILES string of the molecule is CN(CC(=O)Nc1ccc(OCc2nccn2C)cc1)C(=O)c1ccccc1. The Bertz CT molecular complexity index is 936. The molecule has 2 aromatic carbocycles. The number of hydrogen-bond acceptors (Lipinski definition) is 4. The molecule has 1 heterocycles. The topological polar surface area (TPSA) is 76.5 Å². The highest BCUT2D eigenvalue weighted by atomic mass is 16.5. The van der Waals surface area contributed by atoms with Crippen LogP contribution in [0, 0.1) is 0 Å². The molecule has 3 rings (SSSR count). The van der Waals surface area contributed by atoms with Crippen LogP contribution in [0.3, 0.4) is 0 Å². The van der Waals surface area contributed by atoms with Gasteiger partial charge in [-0.25, -0.2) is 4.98 Å². The number of aryl methyl sites for hydroxylation is 1. The molecule has 2 amide bonds. The van der Waals surface area contributed by atoms with Crippen molar-refractivity contribution >= 4 is 17.5 Å². The summed E-state index contributed by atoms with van der Waals surface area (Å²) in [5.74, 6) is 1.03. The van der Waals surface area contributed by atoms with Crippen LogP contribution in [0.15, 0.2) is 67.0 Å². The second kappa shape index (κ2) is 8.85. The van der Waals surface area contributed by atoms with Crippen molar-refractivity contribution in [2.24, 2.45) is 7.05 Å². The highest BCUT2D eigenvalue weighted by Gasteiger charge is 2.14. The second-order valence-electron chi connectivity index (χ2n) is 6.34. The molecule has 0 spiro atoms. The molecular formula is C21H22N4O3. The lowest BCUT2D eigenvalue weighted by Crippen LogP contribution is -2.34. The Balaban J connectivity index is 1.50. The molecule has 0 aliphatic carbocycles. The summed E-state index contributed by atoms with van der Waals surface area (Å²) in [5, 5.41) is 2.78. The van der Waals surface area contributed by atoms with Gasteiger partial charge in [0.15, 0.2) is 0 Å². The van der Waals surface area contributed by atoms with E-state index in [1.165, 1.54) is 4.90 Å². The number of ether oxygens (including phenoxy) is 1. The normalized spacial score (nSPS) is 10.4. The van der Waals surface area contributed by atoms with Crippen molar-refractivity contribution < 1.29 is 14.3 Å². The first-order chi connectivity index (χ1) is 13.5. The van der Waals surface area contributed by atoms with Crippen molar-refractivity contribution in [1.29, 1.82) is 0 Å². The smallest absolute Gasteiger partial charge is 0.254 e. The van der Waals surface area contributed by atoms with Crippen LogP contribution >= 0.6 is 0 Å². The lowest BCUT2D eigenvalue weighted by Gasteiger charge is -2.17. The average Bonchev–Trinajstić information content (AvgIpc) is 3.12. The molecule has 7 heteroatoms. The van der Waals surface area contributed by atoms with E-state index in [9.17, 15) is 9.59 Å². The summed E-state index contributed by atoms with van der Waals surface area (Å²) < 4.78 is 7.58. The number of amides is 2. The van der Waals surface area contributed by atoms with Gasteiger partial charge in [-0.3, -0.25) is 9.59 Å². The molecular weight excluding hydrogens is 356 g/mol. The molecule has 0 fully saturated rings. The summed E-state index contributed by atoms with van der Waals surface area (Å²) >= 11 is 0. The number of carbonyl (C=O) groups excluding carboxylic acids is 2. The summed E-state index contributed by atoms with van der Waals surface area (Å²) in [6.45, 7) is 0.326. The molecule has 144 valence electrons. The number of likely N-dealkylation sites (N-methyl/N-ethyl adjacent to an activating group) is 1. The van der Waals surface area contributed by atoms with Gasteiger partial charge in [0.2, 0.25) is 5.91 Å². The van der Waals surface area contributed by atoms with Crippen molar-refractivity contribution in [2.45, 2.75) is 6.61 Å². The van der Waals surface area contributed by atoms with Crippen molar-refractivity contribution in [3.63, 3.8) is 0 Å². The van der Waals surface area contributed by atoms with Crippen LogP contribution in [0.2, 0.25) is 0 Å². The number of carbonyl (C=O) groups is 2. The maximum atomic E-state index is 12.3. The van der Waals surface area contributed by atoms with E-state index in [2.05, 4.69) is 10.3 Å². The van der Waals surface area contributed by atoms with E-state index < -0.39 is 0 Å². The summed E-state index contributed by atoms with van der Waals surface area (Å²) in [7, 11) is 3.51. The van der Waals surface area contributed by atoms with Crippen LogP contribution in [0.4, 0.5) is 5.69 Å². The quantitative estimate of drug-likeness (QED) is 0.686. The molecule has 1 aromatic heterocycles. The fourth-order valence-corrected chi connectivity index (χ4v) is 2.61. The van der Waals surface area contributed by atoms with Gasteiger partial charge in [0.05, 0.1) is 6.54 Å². The predicted octanol–water partition coefficient (Wildman–Crippen LogP) is 2.71. The Hall–Kier alpha value is -3.61. The van der Waals surface area contributed by atoms with E-state index in [0.717, 1.165) is 5.82 Å². The number of nitrogens with zero attached hydrogens (tertiary/aromatic N) is 3. The lowest BCUT2D eigenvalue weighted by atomic mass is 10.2. The van der Waals surface area contributed by atoms with Crippen LogP contribution in [0.1, 0.15) is 16.2 Å². The summed E-state index contributed by atoms with van der Waals surface area (Å²) in [6.07, 6.45) is 3.58. The van der Waals surface area contributed by atoms with E-state index in [0.29, 0.717) is 23.6 Å². The number of imidazole rings is 1. The van der Waals surface area contributed by atoms with Gasteiger partial charge in [-0.2, -0.15) is 0 Å². The van der Waals surface area contributed by atoms with Crippen molar-refractivity contribution in [2.75, 3.05) is 18.9 Å². The van der Waals surface area contributed by atoms with Gasteiger partial charge >= 0.3 is 0 Å². The highest BCUT2D eigenvalue weighted by molar-refractivity contribution is 5.99. The maximum Gasteiger partial charge on any atom is 0.254 e. The van der Waals surface area contributed by atoms with Crippen LogP contribution in [-0.4, -0.2) is 39.9 Å². The van der Waals surface area contributed by atoms with E-state index in [1.54, 1.807) is 61.8 Å². The van der Waals surface area contributed by atoms with E-state index in [-0.39, 0.29) is 18.4 Å². The van der Waals surface area contributed by atoms with Crippen LogP contribution in [-0.2, 0) is 18.4 Å². The number of rotatable bonds is 7. The minimum Gasteiger partial charge on any atom is -0.486 e. The van der Waals surface area contributed by atoms with Gasteiger partial charge in [-0.15, -0.1) is 0 Å². The molecule has 0 aliphatic heterocycles. The highest BCUT2D eigenvalue weighted by Crippen LogP contribution is 2.17. The zero-order valence-electron chi connectivity index (χ0n) is 15.8. The van der Waals surface area contributed by atoms with Crippen molar-refractivity contribution in [1.82, 2.24) is 14.5 Å². The summed E-state index contributed by atoms with van der Waals surface area (Å²) in [6, 6.07) is 15.9. The van der Waals surface area contributed by atoms with Gasteiger partial charge in [0.25, 0.3) is 5.91 Å². The molecule has 0 radical (unpaired) electrons. The van der Waals surface area contributed by atoms with Gasteiger partial charge in [0.1, 0.15) is 18.2 Å². The minimum absolute atomic E-state index is 0.0366. The Morgan fingerprint density at radius 1 is 1.11 bits per heavy atom. The fraction of sp³-hybridized carbons (Fsp3) is 0.190. The third-order valence-corrected chi connectivity index (χ3v) is 4.18. The average molecular weight is 378 g/mol. The lowest BCUT2D eigenvalue weighted by molar-refractivity contribution is -0.116. The number of aromatic nitrogens is 2. The standard InChI is InChI=1S/C21H22N4O3/c1-24-13-12-22-19(24)15-28-18-10-8-17(9-11-18)23-20(26)14-25(2)21(27)16-6-4-3-5-7-16/h3-13H,14-15H2,1-2H3,(H,23,26). The molecule has 28 heavy (non-hydrogen) atoms. The van der Waals surface area contributed by atoms with Gasteiger partial charge in [-0.05, 0) is 36.4 Å². The predicted molar refractivity (Wildman–Crippen MR) is 106 cm³/mol. The molecule has 0 atom stereocenters. The third kappa shape index (κ3) is 4.97. The zero-order valence-corrected chi connectivity index (χ0v) is 15.8. The molecule has 7 nitrogen and oxygen atoms in total. The van der Waals surface area contributed by atoms with Crippen LogP contribution in [0.5, 0.6) is 5.75 Å². The summed E-state index contributed by atoms with van der Waals surface area (Å²) in [4.78, 5) is 30.1. The van der Waals surface area contributed by atoms with Crippen LogP contribution < -0.4 is 10.1 Å². The van der Waals surface area contributed by atoms with Gasteiger partial charge in [-0.1, -0.05) is 18.2 Å². The zero-order chi connectivity index (χ0) is 19.9. The Morgan fingerprint density at radius 2 is 1.82 bits per heavy atom. The largest absolute Gasteiger partial charge is 0.486 e. The first-order valence-corrected chi connectivity index (χ1v) is 8.82. The first kappa shape index (κ1) is 19.2. The second-order valence-corrected chi connectivity index (χ2v) is 6.34. The van der Waals surface area contributed by atoms with E-state index in [1.807, 2.05) is 23.9 Å². The number of anilines is 1. The molecule has 0 unspecified atom stereocenters.